The maximum atomic E-state index is 13.6. The van der Waals surface area contributed by atoms with Gasteiger partial charge in [-0.3, -0.25) is 0 Å². The summed E-state index contributed by atoms with van der Waals surface area (Å²) in [5.41, 5.74) is 5.00. The SMILES string of the molecule is Oc1ccc(-c2nc3ccc(-c4ccccc4O)cc3c(-c3ccc(F)cc3)c2Cl)cc1. The van der Waals surface area contributed by atoms with E-state index in [0.717, 1.165) is 27.6 Å². The van der Waals surface area contributed by atoms with Crippen LogP contribution < -0.4 is 0 Å². The number of hydrogen-bond acceptors (Lipinski definition) is 3. The molecule has 4 aromatic carbocycles. The molecule has 0 amide bonds. The highest BCUT2D eigenvalue weighted by atomic mass is 35.5. The smallest absolute Gasteiger partial charge is 0.123 e. The minimum Gasteiger partial charge on any atom is -0.508 e. The topological polar surface area (TPSA) is 53.4 Å². The van der Waals surface area contributed by atoms with Crippen LogP contribution in [0, 0.1) is 5.82 Å². The Hall–Kier alpha value is -3.89. The Morgan fingerprint density at radius 1 is 0.719 bits per heavy atom. The monoisotopic (exact) mass is 441 g/mol. The number of rotatable bonds is 3. The summed E-state index contributed by atoms with van der Waals surface area (Å²) in [6.45, 7) is 0. The minimum atomic E-state index is -0.336. The van der Waals surface area contributed by atoms with Crippen molar-refractivity contribution in [3.05, 3.63) is 102 Å². The first-order valence-corrected chi connectivity index (χ1v) is 10.4. The van der Waals surface area contributed by atoms with Gasteiger partial charge in [-0.15, -0.1) is 0 Å². The Bertz CT molecular complexity index is 1450. The van der Waals surface area contributed by atoms with Gasteiger partial charge in [0.2, 0.25) is 0 Å². The van der Waals surface area contributed by atoms with Crippen LogP contribution in [0.3, 0.4) is 0 Å². The lowest BCUT2D eigenvalue weighted by atomic mass is 9.95. The van der Waals surface area contributed by atoms with Crippen LogP contribution in [0.1, 0.15) is 0 Å². The Balaban J connectivity index is 1.82. The molecule has 0 radical (unpaired) electrons. The third-order valence-electron chi connectivity index (χ3n) is 5.41. The van der Waals surface area contributed by atoms with Gasteiger partial charge in [0.25, 0.3) is 0 Å². The molecule has 1 aromatic heterocycles. The second-order valence-electron chi connectivity index (χ2n) is 7.45. The Morgan fingerprint density at radius 2 is 1.38 bits per heavy atom. The number of benzene rings is 4. The summed E-state index contributed by atoms with van der Waals surface area (Å²) in [4.78, 5) is 4.79. The van der Waals surface area contributed by atoms with Crippen LogP contribution >= 0.6 is 11.6 Å². The highest BCUT2D eigenvalue weighted by Crippen LogP contribution is 2.42. The van der Waals surface area contributed by atoms with E-state index < -0.39 is 0 Å². The summed E-state index contributed by atoms with van der Waals surface area (Å²) in [7, 11) is 0. The molecule has 5 aromatic rings. The predicted molar refractivity (Wildman–Crippen MR) is 126 cm³/mol. The molecular formula is C27H17ClFNO2. The summed E-state index contributed by atoms with van der Waals surface area (Å²) < 4.78 is 13.6. The molecular weight excluding hydrogens is 425 g/mol. The molecule has 0 atom stereocenters. The van der Waals surface area contributed by atoms with Crippen molar-refractivity contribution in [3.8, 4) is 45.0 Å². The summed E-state index contributed by atoms with van der Waals surface area (Å²) in [6, 6.07) is 25.6. The van der Waals surface area contributed by atoms with Gasteiger partial charge in [0.1, 0.15) is 17.3 Å². The van der Waals surface area contributed by atoms with Crippen molar-refractivity contribution >= 4 is 22.5 Å². The Labute approximate surface area is 189 Å². The molecule has 0 saturated carbocycles. The molecule has 0 aliphatic rings. The third-order valence-corrected chi connectivity index (χ3v) is 5.78. The van der Waals surface area contributed by atoms with E-state index in [1.54, 1.807) is 48.5 Å². The fraction of sp³-hybridized carbons (Fsp3) is 0. The van der Waals surface area contributed by atoms with E-state index in [0.29, 0.717) is 21.8 Å². The fourth-order valence-electron chi connectivity index (χ4n) is 3.83. The average Bonchev–Trinajstić information content (AvgIpc) is 2.80. The second-order valence-corrected chi connectivity index (χ2v) is 7.83. The molecule has 0 saturated heterocycles. The van der Waals surface area contributed by atoms with Crippen molar-refractivity contribution < 1.29 is 14.6 Å². The number of aromatic hydroxyl groups is 2. The zero-order chi connectivity index (χ0) is 22.2. The molecule has 0 fully saturated rings. The molecule has 5 rings (SSSR count). The van der Waals surface area contributed by atoms with Crippen LogP contribution in [0.25, 0.3) is 44.4 Å². The van der Waals surface area contributed by atoms with Crippen LogP contribution in [-0.4, -0.2) is 15.2 Å². The van der Waals surface area contributed by atoms with Gasteiger partial charge in [-0.1, -0.05) is 48.0 Å². The van der Waals surface area contributed by atoms with Gasteiger partial charge in [-0.25, -0.2) is 9.37 Å². The largest absolute Gasteiger partial charge is 0.508 e. The zero-order valence-electron chi connectivity index (χ0n) is 16.8. The number of halogens is 2. The predicted octanol–water partition coefficient (Wildman–Crippen LogP) is 7.44. The van der Waals surface area contributed by atoms with E-state index in [-0.39, 0.29) is 17.3 Å². The summed E-state index contributed by atoms with van der Waals surface area (Å²) in [5, 5.41) is 21.2. The summed E-state index contributed by atoms with van der Waals surface area (Å²) in [6.07, 6.45) is 0. The molecule has 0 aliphatic carbocycles. The zero-order valence-corrected chi connectivity index (χ0v) is 17.5. The highest BCUT2D eigenvalue weighted by molar-refractivity contribution is 6.37. The van der Waals surface area contributed by atoms with Crippen LogP contribution in [0.2, 0.25) is 5.02 Å². The van der Waals surface area contributed by atoms with Crippen molar-refractivity contribution in [2.45, 2.75) is 0 Å². The highest BCUT2D eigenvalue weighted by Gasteiger charge is 2.18. The van der Waals surface area contributed by atoms with Crippen molar-refractivity contribution in [2.24, 2.45) is 0 Å². The second kappa shape index (κ2) is 7.98. The normalized spacial score (nSPS) is 11.1. The molecule has 0 spiro atoms. The lowest BCUT2D eigenvalue weighted by Crippen LogP contribution is -1.93. The molecule has 0 aliphatic heterocycles. The first-order valence-electron chi connectivity index (χ1n) is 9.98. The minimum absolute atomic E-state index is 0.150. The van der Waals surface area contributed by atoms with Crippen molar-refractivity contribution in [1.29, 1.82) is 0 Å². The fourth-order valence-corrected chi connectivity index (χ4v) is 4.20. The molecule has 3 nitrogen and oxygen atoms in total. The Kier molecular flexibility index (Phi) is 5.00. The van der Waals surface area contributed by atoms with E-state index >= 15 is 0 Å². The third kappa shape index (κ3) is 3.55. The van der Waals surface area contributed by atoms with E-state index in [1.165, 1.54) is 12.1 Å². The average molecular weight is 442 g/mol. The number of pyridine rings is 1. The molecule has 0 bridgehead atoms. The summed E-state index contributed by atoms with van der Waals surface area (Å²) in [5.74, 6) is -0.0106. The number of phenolic OH excluding ortho intramolecular Hbond substituents is 2. The van der Waals surface area contributed by atoms with E-state index in [9.17, 15) is 14.6 Å². The van der Waals surface area contributed by atoms with E-state index in [2.05, 4.69) is 0 Å². The van der Waals surface area contributed by atoms with E-state index in [1.807, 2.05) is 30.3 Å². The van der Waals surface area contributed by atoms with Gasteiger partial charge in [-0.05, 0) is 65.7 Å². The first kappa shape index (κ1) is 20.0. The summed E-state index contributed by atoms with van der Waals surface area (Å²) >= 11 is 6.90. The van der Waals surface area contributed by atoms with Crippen molar-refractivity contribution in [1.82, 2.24) is 4.98 Å². The van der Waals surface area contributed by atoms with Crippen LogP contribution in [0.5, 0.6) is 11.5 Å². The van der Waals surface area contributed by atoms with Crippen molar-refractivity contribution in [3.63, 3.8) is 0 Å². The van der Waals surface area contributed by atoms with Crippen molar-refractivity contribution in [2.75, 3.05) is 0 Å². The standard InChI is InChI=1S/C27H17ClFNO2/c28-26-25(16-5-10-19(29)11-6-16)22-15-18(21-3-1-2-4-24(21)32)9-14-23(22)30-27(26)17-7-12-20(31)13-8-17/h1-15,31-32H. The quantitative estimate of drug-likeness (QED) is 0.306. The lowest BCUT2D eigenvalue weighted by Gasteiger charge is -2.15. The number of aromatic nitrogens is 1. The maximum Gasteiger partial charge on any atom is 0.123 e. The lowest BCUT2D eigenvalue weighted by molar-refractivity contribution is 0.475. The number of phenols is 2. The van der Waals surface area contributed by atoms with E-state index in [4.69, 9.17) is 16.6 Å². The number of nitrogens with zero attached hydrogens (tertiary/aromatic N) is 1. The van der Waals surface area contributed by atoms with Crippen LogP contribution in [0.15, 0.2) is 91.0 Å². The molecule has 1 heterocycles. The van der Waals surface area contributed by atoms with Gasteiger partial charge in [0, 0.05) is 22.1 Å². The first-order chi connectivity index (χ1) is 15.5. The van der Waals surface area contributed by atoms with Crippen LogP contribution in [-0.2, 0) is 0 Å². The number of para-hydroxylation sites is 1. The molecule has 156 valence electrons. The Morgan fingerprint density at radius 3 is 2.09 bits per heavy atom. The molecule has 0 unspecified atom stereocenters. The maximum absolute atomic E-state index is 13.6. The van der Waals surface area contributed by atoms with Gasteiger partial charge < -0.3 is 10.2 Å². The van der Waals surface area contributed by atoms with Gasteiger partial charge >= 0.3 is 0 Å². The molecule has 32 heavy (non-hydrogen) atoms. The number of hydrogen-bond donors (Lipinski definition) is 2. The van der Waals surface area contributed by atoms with Gasteiger partial charge in [0.15, 0.2) is 0 Å². The molecule has 2 N–H and O–H groups in total. The molecule has 5 heteroatoms. The number of fused-ring (bicyclic) bond motifs is 1. The van der Waals surface area contributed by atoms with Crippen LogP contribution in [0.4, 0.5) is 4.39 Å². The van der Waals surface area contributed by atoms with Gasteiger partial charge in [-0.2, -0.15) is 0 Å². The van der Waals surface area contributed by atoms with Gasteiger partial charge in [0.05, 0.1) is 16.2 Å².